The molecule has 3 aromatic rings. The molecule has 6 nitrogen and oxygen atoms in total. The molecule has 264 valence electrons. The van der Waals surface area contributed by atoms with Crippen molar-refractivity contribution in [2.45, 2.75) is 84.4 Å². The molecular weight excluding hydrogens is 640 g/mol. The third-order valence-corrected chi connectivity index (χ3v) is 7.59. The van der Waals surface area contributed by atoms with Crippen LogP contribution in [0, 0.1) is 6.92 Å². The first-order valence-corrected chi connectivity index (χ1v) is 16.3. The molecule has 0 amide bonds. The average molecular weight is 685 g/mol. The standard InChI is InChI=1S/C39H44F4O6/c1-27(2)36(44)46-24-10-6-8-12-30-14-18-32(19-15-30)38(40,41)48-34-22-23-35(29(5)26-34)49-39(42,43)33-20-16-31(17-21-33)13-9-7-11-25-47-37(45)28(3)4/h14-23,26H,1,3,6-13,24-25H2,2,4-5H3. The number of rotatable bonds is 20. The molecule has 0 N–H and O–H groups in total. The third kappa shape index (κ3) is 12.7. The molecule has 0 atom stereocenters. The van der Waals surface area contributed by atoms with Crippen molar-refractivity contribution in [3.63, 3.8) is 0 Å². The van der Waals surface area contributed by atoms with E-state index >= 15 is 8.78 Å². The summed E-state index contributed by atoms with van der Waals surface area (Å²) in [4.78, 5) is 22.8. The summed E-state index contributed by atoms with van der Waals surface area (Å²) in [6.07, 6.45) is -1.38. The van der Waals surface area contributed by atoms with E-state index in [0.29, 0.717) is 50.0 Å². The molecular formula is C39H44F4O6. The Morgan fingerprint density at radius 3 is 1.45 bits per heavy atom. The van der Waals surface area contributed by atoms with Gasteiger partial charge in [-0.2, -0.15) is 17.6 Å². The molecule has 0 radical (unpaired) electrons. The molecule has 0 saturated heterocycles. The third-order valence-electron chi connectivity index (χ3n) is 7.59. The molecule has 0 fully saturated rings. The van der Waals surface area contributed by atoms with E-state index in [0.717, 1.165) is 42.9 Å². The highest BCUT2D eigenvalue weighted by Gasteiger charge is 2.36. The molecule has 0 aliphatic rings. The van der Waals surface area contributed by atoms with E-state index in [1.54, 1.807) is 38.1 Å². The van der Waals surface area contributed by atoms with Gasteiger partial charge in [-0.1, -0.05) is 37.4 Å². The van der Waals surface area contributed by atoms with Crippen LogP contribution in [0.4, 0.5) is 17.6 Å². The molecule has 0 aliphatic carbocycles. The molecule has 0 aliphatic heterocycles. The first kappa shape index (κ1) is 38.8. The van der Waals surface area contributed by atoms with Gasteiger partial charge in [0.25, 0.3) is 0 Å². The summed E-state index contributed by atoms with van der Waals surface area (Å²) in [5, 5.41) is 0. The zero-order valence-electron chi connectivity index (χ0n) is 28.3. The number of benzene rings is 3. The van der Waals surface area contributed by atoms with Crippen molar-refractivity contribution in [1.29, 1.82) is 0 Å². The van der Waals surface area contributed by atoms with E-state index in [-0.39, 0.29) is 28.2 Å². The van der Waals surface area contributed by atoms with Crippen LogP contribution in [0.5, 0.6) is 11.5 Å². The summed E-state index contributed by atoms with van der Waals surface area (Å²) >= 11 is 0. The van der Waals surface area contributed by atoms with Crippen molar-refractivity contribution >= 4 is 11.9 Å². The average Bonchev–Trinajstić information content (AvgIpc) is 3.05. The van der Waals surface area contributed by atoms with E-state index in [2.05, 4.69) is 13.2 Å². The minimum atomic E-state index is -3.66. The number of alkyl halides is 4. The Kier molecular flexibility index (Phi) is 14.5. The highest BCUT2D eigenvalue weighted by atomic mass is 19.3. The Morgan fingerprint density at radius 2 is 1.04 bits per heavy atom. The fourth-order valence-electron chi connectivity index (χ4n) is 4.73. The molecule has 0 saturated carbocycles. The van der Waals surface area contributed by atoms with Crippen LogP contribution in [0.2, 0.25) is 0 Å². The van der Waals surface area contributed by atoms with E-state index in [1.165, 1.54) is 43.3 Å². The molecule has 3 rings (SSSR count). The van der Waals surface area contributed by atoms with Crippen LogP contribution in [0.15, 0.2) is 91.0 Å². The van der Waals surface area contributed by atoms with Gasteiger partial charge < -0.3 is 18.9 Å². The van der Waals surface area contributed by atoms with Crippen LogP contribution in [-0.4, -0.2) is 25.2 Å². The highest BCUT2D eigenvalue weighted by molar-refractivity contribution is 5.87. The van der Waals surface area contributed by atoms with Gasteiger partial charge in [-0.3, -0.25) is 0 Å². The van der Waals surface area contributed by atoms with Gasteiger partial charge in [0.05, 0.1) is 24.3 Å². The van der Waals surface area contributed by atoms with E-state index < -0.39 is 24.2 Å². The number of halogens is 4. The van der Waals surface area contributed by atoms with Crippen LogP contribution in [0.1, 0.15) is 80.2 Å². The number of aryl methyl sites for hydroxylation is 3. The van der Waals surface area contributed by atoms with Gasteiger partial charge in [0.2, 0.25) is 0 Å². The summed E-state index contributed by atoms with van der Waals surface area (Å²) in [7, 11) is 0. The Hall–Kier alpha value is -4.60. The van der Waals surface area contributed by atoms with Crippen molar-refractivity contribution in [2.24, 2.45) is 0 Å². The Labute approximate surface area is 285 Å². The zero-order chi connectivity index (χ0) is 36.0. The molecule has 0 unspecified atom stereocenters. The number of hydrogen-bond donors (Lipinski definition) is 0. The van der Waals surface area contributed by atoms with Crippen LogP contribution in [0.25, 0.3) is 0 Å². The predicted molar refractivity (Wildman–Crippen MR) is 180 cm³/mol. The fraction of sp³-hybridized carbons (Fsp3) is 0.385. The molecule has 0 spiro atoms. The second kappa shape index (κ2) is 18.2. The molecule has 0 heterocycles. The lowest BCUT2D eigenvalue weighted by atomic mass is 10.0. The lowest BCUT2D eigenvalue weighted by Crippen LogP contribution is -2.23. The van der Waals surface area contributed by atoms with Crippen LogP contribution >= 0.6 is 0 Å². The highest BCUT2D eigenvalue weighted by Crippen LogP contribution is 2.37. The van der Waals surface area contributed by atoms with Crippen molar-refractivity contribution in [3.05, 3.63) is 119 Å². The normalized spacial score (nSPS) is 11.5. The van der Waals surface area contributed by atoms with Crippen molar-refractivity contribution in [1.82, 2.24) is 0 Å². The zero-order valence-corrected chi connectivity index (χ0v) is 28.3. The van der Waals surface area contributed by atoms with Gasteiger partial charge in [-0.05, 0) is 131 Å². The van der Waals surface area contributed by atoms with Crippen molar-refractivity contribution < 1.29 is 46.1 Å². The maximum absolute atomic E-state index is 15.0. The van der Waals surface area contributed by atoms with E-state index in [1.807, 2.05) is 0 Å². The number of hydrogen-bond acceptors (Lipinski definition) is 6. The Bertz CT molecular complexity index is 1570. The maximum Gasteiger partial charge on any atom is 0.426 e. The van der Waals surface area contributed by atoms with Crippen LogP contribution < -0.4 is 9.47 Å². The SMILES string of the molecule is C=C(C)C(=O)OCCCCCc1ccc(C(F)(F)Oc2ccc(OC(F)(F)c3ccc(CCCCCOC(=O)C(=C)C)cc3)c(C)c2)cc1. The van der Waals surface area contributed by atoms with Gasteiger partial charge in [0.15, 0.2) is 0 Å². The summed E-state index contributed by atoms with van der Waals surface area (Å²) in [6, 6.07) is 15.2. The van der Waals surface area contributed by atoms with Crippen LogP contribution in [0.3, 0.4) is 0 Å². The fourth-order valence-corrected chi connectivity index (χ4v) is 4.73. The first-order chi connectivity index (χ1) is 23.2. The summed E-state index contributed by atoms with van der Waals surface area (Å²) in [5.41, 5.74) is 1.96. The molecule has 3 aromatic carbocycles. The van der Waals surface area contributed by atoms with Gasteiger partial charge in [-0.25, -0.2) is 9.59 Å². The topological polar surface area (TPSA) is 71.1 Å². The minimum Gasteiger partial charge on any atom is -0.462 e. The molecule has 10 heteroatoms. The van der Waals surface area contributed by atoms with E-state index in [4.69, 9.17) is 18.9 Å². The predicted octanol–water partition coefficient (Wildman–Crippen LogP) is 9.92. The van der Waals surface area contributed by atoms with Gasteiger partial charge in [0, 0.05) is 11.1 Å². The second-order valence-electron chi connectivity index (χ2n) is 12.0. The lowest BCUT2D eigenvalue weighted by Gasteiger charge is -2.22. The van der Waals surface area contributed by atoms with E-state index in [9.17, 15) is 18.4 Å². The number of carbonyl (C=O) groups is 2. The number of unbranched alkanes of at least 4 members (excludes halogenated alkanes) is 4. The maximum atomic E-state index is 15.0. The smallest absolute Gasteiger partial charge is 0.426 e. The monoisotopic (exact) mass is 684 g/mol. The van der Waals surface area contributed by atoms with Crippen molar-refractivity contribution in [2.75, 3.05) is 13.2 Å². The van der Waals surface area contributed by atoms with Crippen LogP contribution in [-0.2, 0) is 44.1 Å². The number of carbonyl (C=O) groups excluding carboxylic acids is 2. The Morgan fingerprint density at radius 1 is 0.612 bits per heavy atom. The number of esters is 2. The summed E-state index contributed by atoms with van der Waals surface area (Å²) < 4.78 is 80.2. The number of ether oxygens (including phenoxy) is 4. The second-order valence-corrected chi connectivity index (χ2v) is 12.0. The first-order valence-electron chi connectivity index (χ1n) is 16.3. The van der Waals surface area contributed by atoms with Gasteiger partial charge >= 0.3 is 24.2 Å². The lowest BCUT2D eigenvalue weighted by molar-refractivity contribution is -0.188. The van der Waals surface area contributed by atoms with Gasteiger partial charge in [0.1, 0.15) is 11.5 Å². The molecule has 49 heavy (non-hydrogen) atoms. The van der Waals surface area contributed by atoms with Crippen molar-refractivity contribution in [3.8, 4) is 11.5 Å². The summed E-state index contributed by atoms with van der Waals surface area (Å²) in [6.45, 7) is 12.3. The largest absolute Gasteiger partial charge is 0.462 e. The molecule has 0 aromatic heterocycles. The summed E-state index contributed by atoms with van der Waals surface area (Å²) in [5.74, 6) is -1.21. The molecule has 0 bridgehead atoms. The minimum absolute atomic E-state index is 0.171. The quantitative estimate of drug-likeness (QED) is 0.0511. The Balaban J connectivity index is 1.47. The van der Waals surface area contributed by atoms with Gasteiger partial charge in [-0.15, -0.1) is 0 Å².